The van der Waals surface area contributed by atoms with Crippen molar-refractivity contribution in [1.29, 1.82) is 0 Å². The lowest BCUT2D eigenvalue weighted by atomic mass is 10.1. The van der Waals surface area contributed by atoms with Gasteiger partial charge in [0.25, 0.3) is 0 Å². The Morgan fingerprint density at radius 2 is 1.88 bits per heavy atom. The van der Waals surface area contributed by atoms with Crippen LogP contribution in [0.15, 0.2) is 40.9 Å². The summed E-state index contributed by atoms with van der Waals surface area (Å²) < 4.78 is 5.47. The van der Waals surface area contributed by atoms with Crippen LogP contribution in [-0.2, 0) is 0 Å². The fourth-order valence-electron chi connectivity index (χ4n) is 3.41. The van der Waals surface area contributed by atoms with Crippen LogP contribution >= 0.6 is 11.6 Å². The van der Waals surface area contributed by atoms with Crippen molar-refractivity contribution in [2.45, 2.75) is 6.92 Å². The van der Waals surface area contributed by atoms with E-state index in [2.05, 4.69) is 27.9 Å². The summed E-state index contributed by atoms with van der Waals surface area (Å²) in [7, 11) is 0. The Morgan fingerprint density at radius 1 is 1.15 bits per heavy atom. The fourth-order valence-corrected chi connectivity index (χ4v) is 3.71. The molecular formula is C19H18ClN3O3. The van der Waals surface area contributed by atoms with Gasteiger partial charge >= 0.3 is 5.97 Å². The zero-order valence-electron chi connectivity index (χ0n) is 14.3. The molecule has 1 aliphatic heterocycles. The lowest BCUT2D eigenvalue weighted by molar-refractivity contribution is 0.0697. The maximum absolute atomic E-state index is 11.1. The van der Waals surface area contributed by atoms with Crippen LogP contribution in [0.3, 0.4) is 0 Å². The van der Waals surface area contributed by atoms with Gasteiger partial charge in [-0.2, -0.15) is 0 Å². The number of carboxylic acid groups (broad SMARTS) is 1. The molecule has 7 heteroatoms. The number of aryl methyl sites for hydroxylation is 1. The molecule has 1 aromatic heterocycles. The highest BCUT2D eigenvalue weighted by Crippen LogP contribution is 2.32. The summed E-state index contributed by atoms with van der Waals surface area (Å²) in [4.78, 5) is 15.4. The Morgan fingerprint density at radius 3 is 2.58 bits per heavy atom. The molecule has 1 aliphatic rings. The molecule has 0 aliphatic carbocycles. The van der Waals surface area contributed by atoms with Crippen molar-refractivity contribution in [3.05, 3.63) is 52.5 Å². The average molecular weight is 372 g/mol. The number of carbonyl (C=O) groups is 1. The Bertz CT molecular complexity index is 977. The Balaban J connectivity index is 1.53. The maximum atomic E-state index is 11.1. The van der Waals surface area contributed by atoms with Gasteiger partial charge in [-0.3, -0.25) is 0 Å². The number of carboxylic acids is 1. The second-order valence-corrected chi connectivity index (χ2v) is 6.81. The third-order valence-corrected chi connectivity index (χ3v) is 5.11. The van der Waals surface area contributed by atoms with Crippen LogP contribution in [0.2, 0.25) is 5.02 Å². The summed E-state index contributed by atoms with van der Waals surface area (Å²) in [5, 5.41) is 14.9. The van der Waals surface area contributed by atoms with Gasteiger partial charge in [0.2, 0.25) is 0 Å². The van der Waals surface area contributed by atoms with Crippen molar-refractivity contribution < 1.29 is 14.4 Å². The highest BCUT2D eigenvalue weighted by atomic mass is 35.5. The first-order valence-electron chi connectivity index (χ1n) is 8.42. The quantitative estimate of drug-likeness (QED) is 0.754. The smallest absolute Gasteiger partial charge is 0.335 e. The number of aromatic nitrogens is 1. The molecule has 0 radical (unpaired) electrons. The van der Waals surface area contributed by atoms with Crippen LogP contribution in [0, 0.1) is 6.92 Å². The molecule has 1 N–H and O–H groups in total. The first-order chi connectivity index (χ1) is 12.5. The Labute approximate surface area is 155 Å². The molecule has 0 bridgehead atoms. The molecule has 0 spiro atoms. The minimum absolute atomic E-state index is 0.196. The summed E-state index contributed by atoms with van der Waals surface area (Å²) in [5.41, 5.74) is 3.00. The topological polar surface area (TPSA) is 69.8 Å². The van der Waals surface area contributed by atoms with Crippen LogP contribution in [0.1, 0.15) is 15.9 Å². The van der Waals surface area contributed by atoms with Crippen molar-refractivity contribution in [2.24, 2.45) is 0 Å². The number of nitrogens with zero attached hydrogens (tertiary/aromatic N) is 3. The highest BCUT2D eigenvalue weighted by molar-refractivity contribution is 6.33. The number of hydrogen-bond donors (Lipinski definition) is 1. The predicted octanol–water partition coefficient (Wildman–Crippen LogP) is 3.81. The van der Waals surface area contributed by atoms with Gasteiger partial charge in [-0.25, -0.2) is 4.79 Å². The van der Waals surface area contributed by atoms with Crippen LogP contribution in [0.5, 0.6) is 0 Å². The molecule has 26 heavy (non-hydrogen) atoms. The first kappa shape index (κ1) is 16.7. The summed E-state index contributed by atoms with van der Waals surface area (Å²) in [5.74, 6) is -0.0957. The summed E-state index contributed by atoms with van der Waals surface area (Å²) in [6.07, 6.45) is 0. The molecule has 1 saturated heterocycles. The van der Waals surface area contributed by atoms with Gasteiger partial charge in [-0.15, -0.1) is 0 Å². The largest absolute Gasteiger partial charge is 0.478 e. The van der Waals surface area contributed by atoms with Gasteiger partial charge in [0.1, 0.15) is 0 Å². The first-order valence-corrected chi connectivity index (χ1v) is 8.80. The summed E-state index contributed by atoms with van der Waals surface area (Å²) in [6, 6.07) is 10.8. The molecule has 0 unspecified atom stereocenters. The van der Waals surface area contributed by atoms with E-state index >= 15 is 0 Å². The van der Waals surface area contributed by atoms with Crippen molar-refractivity contribution in [2.75, 3.05) is 36.0 Å². The van der Waals surface area contributed by atoms with E-state index in [0.29, 0.717) is 5.02 Å². The van der Waals surface area contributed by atoms with Crippen molar-refractivity contribution in [1.82, 2.24) is 5.16 Å². The minimum atomic E-state index is -0.975. The molecule has 1 fully saturated rings. The average Bonchev–Trinajstić information content (AvgIpc) is 3.07. The number of benzene rings is 2. The van der Waals surface area contributed by atoms with E-state index in [4.69, 9.17) is 21.2 Å². The van der Waals surface area contributed by atoms with Gasteiger partial charge < -0.3 is 19.4 Å². The number of anilines is 2. The standard InChI is InChI=1S/C19H18ClN3O3/c1-12-3-2-4-16-17(12)18(21-26-16)23-9-7-22(8-10-23)15-6-5-13(19(24)25)11-14(15)20/h2-6,11H,7-10H2,1H3,(H,24,25). The van der Waals surface area contributed by atoms with E-state index in [1.165, 1.54) is 6.07 Å². The fraction of sp³-hybridized carbons (Fsp3) is 0.263. The predicted molar refractivity (Wildman–Crippen MR) is 102 cm³/mol. The molecule has 2 heterocycles. The zero-order chi connectivity index (χ0) is 18.3. The summed E-state index contributed by atoms with van der Waals surface area (Å²) in [6.45, 7) is 5.17. The number of halogens is 1. The number of rotatable bonds is 3. The molecule has 2 aromatic carbocycles. The normalized spacial score (nSPS) is 14.8. The molecular weight excluding hydrogens is 354 g/mol. The maximum Gasteiger partial charge on any atom is 0.335 e. The molecule has 0 amide bonds. The van der Waals surface area contributed by atoms with Gasteiger partial charge in [0.05, 0.1) is 21.7 Å². The van der Waals surface area contributed by atoms with E-state index in [1.807, 2.05) is 12.1 Å². The molecule has 4 rings (SSSR count). The van der Waals surface area contributed by atoms with Crippen molar-refractivity contribution in [3.63, 3.8) is 0 Å². The second-order valence-electron chi connectivity index (χ2n) is 6.40. The van der Waals surface area contributed by atoms with Crippen molar-refractivity contribution >= 4 is 40.0 Å². The van der Waals surface area contributed by atoms with Crippen LogP contribution in [-0.4, -0.2) is 42.4 Å². The lowest BCUT2D eigenvalue weighted by Crippen LogP contribution is -2.46. The van der Waals surface area contributed by atoms with Gasteiger partial charge in [-0.1, -0.05) is 28.9 Å². The SMILES string of the molecule is Cc1cccc2onc(N3CCN(c4ccc(C(=O)O)cc4Cl)CC3)c12. The molecule has 3 aromatic rings. The third-order valence-electron chi connectivity index (χ3n) is 4.80. The zero-order valence-corrected chi connectivity index (χ0v) is 15.0. The summed E-state index contributed by atoms with van der Waals surface area (Å²) >= 11 is 6.30. The van der Waals surface area contributed by atoms with Crippen LogP contribution in [0.25, 0.3) is 11.0 Å². The monoisotopic (exact) mass is 371 g/mol. The van der Waals surface area contributed by atoms with Crippen LogP contribution < -0.4 is 9.80 Å². The lowest BCUT2D eigenvalue weighted by Gasteiger charge is -2.36. The van der Waals surface area contributed by atoms with Gasteiger partial charge in [0, 0.05) is 26.2 Å². The van der Waals surface area contributed by atoms with E-state index in [9.17, 15) is 4.79 Å². The van der Waals surface area contributed by atoms with E-state index in [-0.39, 0.29) is 5.56 Å². The van der Waals surface area contributed by atoms with E-state index < -0.39 is 5.97 Å². The van der Waals surface area contributed by atoms with Gasteiger partial charge in [-0.05, 0) is 36.8 Å². The molecule has 6 nitrogen and oxygen atoms in total. The highest BCUT2D eigenvalue weighted by Gasteiger charge is 2.24. The number of aromatic carboxylic acids is 1. The number of piperazine rings is 1. The van der Waals surface area contributed by atoms with E-state index in [1.54, 1.807) is 12.1 Å². The van der Waals surface area contributed by atoms with E-state index in [0.717, 1.165) is 54.2 Å². The molecule has 134 valence electrons. The number of hydrogen-bond acceptors (Lipinski definition) is 5. The third kappa shape index (κ3) is 2.86. The number of fused-ring (bicyclic) bond motifs is 1. The van der Waals surface area contributed by atoms with Crippen LogP contribution in [0.4, 0.5) is 11.5 Å². The Kier molecular flexibility index (Phi) is 4.20. The molecule has 0 saturated carbocycles. The Hall–Kier alpha value is -2.73. The molecule has 0 atom stereocenters. The van der Waals surface area contributed by atoms with Gasteiger partial charge in [0.15, 0.2) is 11.4 Å². The minimum Gasteiger partial charge on any atom is -0.478 e. The second kappa shape index (κ2) is 6.53. The van der Waals surface area contributed by atoms with Crippen molar-refractivity contribution in [3.8, 4) is 0 Å².